The van der Waals surface area contributed by atoms with Crippen molar-refractivity contribution in [2.75, 3.05) is 20.3 Å². The standard InChI is InChI=1S/C20H17I2NO4S/c1-26-9-8-23-19(24)18(28-20(23)25)11-14-4-7-17(16(22)10-14)27-12-13-2-5-15(21)6-3-13/h2-7,10-11H,8-9,12H2,1H3/b18-11+. The van der Waals surface area contributed by atoms with Gasteiger partial charge in [0.05, 0.1) is 21.6 Å². The molecule has 1 heterocycles. The minimum absolute atomic E-state index is 0.263. The largest absolute Gasteiger partial charge is 0.488 e. The molecule has 8 heteroatoms. The Balaban J connectivity index is 1.68. The van der Waals surface area contributed by atoms with Crippen LogP contribution in [0, 0.1) is 7.14 Å². The van der Waals surface area contributed by atoms with Crippen LogP contribution in [0.1, 0.15) is 11.1 Å². The Morgan fingerprint density at radius 2 is 1.86 bits per heavy atom. The van der Waals surface area contributed by atoms with Gasteiger partial charge in [0.15, 0.2) is 0 Å². The van der Waals surface area contributed by atoms with Crippen LogP contribution in [0.15, 0.2) is 47.4 Å². The molecule has 0 N–H and O–H groups in total. The van der Waals surface area contributed by atoms with Crippen molar-refractivity contribution in [1.29, 1.82) is 0 Å². The highest BCUT2D eigenvalue weighted by atomic mass is 127. The molecule has 5 nitrogen and oxygen atoms in total. The summed E-state index contributed by atoms with van der Waals surface area (Å²) in [6, 6.07) is 13.9. The SMILES string of the molecule is COCCN1C(=O)S/C(=C/c2ccc(OCc3ccc(I)cc3)c(I)c2)C1=O. The molecule has 3 rings (SSSR count). The molecule has 0 spiro atoms. The van der Waals surface area contributed by atoms with Gasteiger partial charge < -0.3 is 9.47 Å². The van der Waals surface area contributed by atoms with Crippen molar-refractivity contribution in [2.24, 2.45) is 0 Å². The monoisotopic (exact) mass is 621 g/mol. The van der Waals surface area contributed by atoms with Crippen molar-refractivity contribution < 1.29 is 19.1 Å². The molecule has 2 aromatic rings. The zero-order chi connectivity index (χ0) is 20.1. The second-order valence-corrected chi connectivity index (χ2v) is 9.33. The van der Waals surface area contributed by atoms with Crippen LogP contribution in [0.5, 0.6) is 5.75 Å². The summed E-state index contributed by atoms with van der Waals surface area (Å²) >= 11 is 5.44. The van der Waals surface area contributed by atoms with Gasteiger partial charge in [-0.3, -0.25) is 14.5 Å². The van der Waals surface area contributed by atoms with Crippen LogP contribution in [0.2, 0.25) is 0 Å². The van der Waals surface area contributed by atoms with E-state index in [0.29, 0.717) is 18.1 Å². The minimum atomic E-state index is -0.277. The highest BCUT2D eigenvalue weighted by molar-refractivity contribution is 14.1. The molecule has 0 unspecified atom stereocenters. The van der Waals surface area contributed by atoms with Gasteiger partial charge in [-0.15, -0.1) is 0 Å². The third-order valence-electron chi connectivity index (χ3n) is 3.95. The second kappa shape index (κ2) is 10.1. The first-order valence-corrected chi connectivity index (χ1v) is 11.4. The van der Waals surface area contributed by atoms with Gasteiger partial charge in [-0.1, -0.05) is 18.2 Å². The number of benzene rings is 2. The number of methoxy groups -OCH3 is 1. The topological polar surface area (TPSA) is 55.8 Å². The molecule has 0 radical (unpaired) electrons. The van der Waals surface area contributed by atoms with Crippen LogP contribution in [0.3, 0.4) is 0 Å². The summed E-state index contributed by atoms with van der Waals surface area (Å²) in [5, 5.41) is -0.263. The fourth-order valence-corrected chi connectivity index (χ4v) is 4.41. The zero-order valence-electron chi connectivity index (χ0n) is 15.0. The van der Waals surface area contributed by atoms with Crippen molar-refractivity contribution >= 4 is 74.2 Å². The van der Waals surface area contributed by atoms with Crippen LogP contribution in [-0.2, 0) is 16.1 Å². The maximum absolute atomic E-state index is 12.4. The van der Waals surface area contributed by atoms with E-state index >= 15 is 0 Å². The summed E-state index contributed by atoms with van der Waals surface area (Å²) in [5.41, 5.74) is 1.95. The average Bonchev–Trinajstić information content (AvgIpc) is 2.94. The van der Waals surface area contributed by atoms with Gasteiger partial charge in [0.2, 0.25) is 0 Å². The minimum Gasteiger partial charge on any atom is -0.488 e. The smallest absolute Gasteiger partial charge is 0.293 e. The molecular formula is C20H17I2NO4S. The number of thioether (sulfide) groups is 1. The van der Waals surface area contributed by atoms with Gasteiger partial charge in [-0.05, 0) is 98.4 Å². The van der Waals surface area contributed by atoms with Gasteiger partial charge in [-0.2, -0.15) is 0 Å². The molecule has 1 saturated heterocycles. The van der Waals surface area contributed by atoms with Gasteiger partial charge in [-0.25, -0.2) is 0 Å². The van der Waals surface area contributed by atoms with Crippen molar-refractivity contribution in [3.05, 3.63) is 65.6 Å². The fraction of sp³-hybridized carbons (Fsp3) is 0.200. The Kier molecular flexibility index (Phi) is 7.77. The Morgan fingerprint density at radius 1 is 1.11 bits per heavy atom. The molecule has 28 heavy (non-hydrogen) atoms. The lowest BCUT2D eigenvalue weighted by atomic mass is 10.2. The molecule has 0 aromatic heterocycles. The Labute approximate surface area is 195 Å². The van der Waals surface area contributed by atoms with Gasteiger partial charge in [0.25, 0.3) is 11.1 Å². The normalized spacial score (nSPS) is 15.5. The molecule has 0 bridgehead atoms. The molecule has 0 aliphatic carbocycles. The maximum Gasteiger partial charge on any atom is 0.293 e. The first-order chi connectivity index (χ1) is 13.5. The van der Waals surface area contributed by atoms with E-state index in [4.69, 9.17) is 9.47 Å². The molecule has 2 aromatic carbocycles. The first-order valence-electron chi connectivity index (χ1n) is 8.39. The first kappa shape index (κ1) is 21.6. The molecule has 146 valence electrons. The van der Waals surface area contributed by atoms with E-state index < -0.39 is 0 Å². The Morgan fingerprint density at radius 3 is 2.54 bits per heavy atom. The average molecular weight is 621 g/mol. The predicted molar refractivity (Wildman–Crippen MR) is 127 cm³/mol. The van der Waals surface area contributed by atoms with Crippen LogP contribution < -0.4 is 4.74 Å². The summed E-state index contributed by atoms with van der Waals surface area (Å²) in [6.45, 7) is 1.09. The van der Waals surface area contributed by atoms with Gasteiger partial charge >= 0.3 is 0 Å². The van der Waals surface area contributed by atoms with E-state index in [2.05, 4.69) is 45.2 Å². The number of carbonyl (C=O) groups excluding carboxylic acids is 2. The number of ether oxygens (including phenoxy) is 2. The summed E-state index contributed by atoms with van der Waals surface area (Å²) in [4.78, 5) is 26.0. The van der Waals surface area contributed by atoms with E-state index in [1.807, 2.05) is 42.5 Å². The number of rotatable bonds is 7. The van der Waals surface area contributed by atoms with Crippen molar-refractivity contribution in [1.82, 2.24) is 4.90 Å². The molecule has 0 atom stereocenters. The Bertz CT molecular complexity index is 915. The van der Waals surface area contributed by atoms with E-state index in [1.54, 1.807) is 13.2 Å². The molecule has 1 aliphatic rings. The van der Waals surface area contributed by atoms with E-state index in [0.717, 1.165) is 32.2 Å². The summed E-state index contributed by atoms with van der Waals surface area (Å²) in [7, 11) is 1.54. The van der Waals surface area contributed by atoms with E-state index in [1.165, 1.54) is 8.47 Å². The van der Waals surface area contributed by atoms with Crippen LogP contribution in [-0.4, -0.2) is 36.3 Å². The lowest BCUT2D eigenvalue weighted by Gasteiger charge is -2.11. The second-order valence-electron chi connectivity index (χ2n) is 5.93. The van der Waals surface area contributed by atoms with E-state index in [9.17, 15) is 9.59 Å². The molecule has 1 aliphatic heterocycles. The molecular weight excluding hydrogens is 604 g/mol. The lowest BCUT2D eigenvalue weighted by molar-refractivity contribution is -0.123. The fourth-order valence-electron chi connectivity index (χ4n) is 2.49. The number of hydrogen-bond donors (Lipinski definition) is 0. The summed E-state index contributed by atoms with van der Waals surface area (Å²) < 4.78 is 13.0. The number of nitrogens with zero attached hydrogens (tertiary/aromatic N) is 1. The molecule has 2 amide bonds. The number of amides is 2. The van der Waals surface area contributed by atoms with Crippen LogP contribution in [0.25, 0.3) is 6.08 Å². The third-order valence-corrected chi connectivity index (χ3v) is 6.42. The number of carbonyl (C=O) groups is 2. The van der Waals surface area contributed by atoms with Crippen molar-refractivity contribution in [2.45, 2.75) is 6.61 Å². The van der Waals surface area contributed by atoms with Gasteiger partial charge in [0, 0.05) is 10.7 Å². The van der Waals surface area contributed by atoms with Gasteiger partial charge in [0.1, 0.15) is 12.4 Å². The van der Waals surface area contributed by atoms with Crippen molar-refractivity contribution in [3.8, 4) is 5.75 Å². The number of hydrogen-bond acceptors (Lipinski definition) is 5. The lowest BCUT2D eigenvalue weighted by Crippen LogP contribution is -2.31. The van der Waals surface area contributed by atoms with Crippen molar-refractivity contribution in [3.63, 3.8) is 0 Å². The van der Waals surface area contributed by atoms with E-state index in [-0.39, 0.29) is 17.7 Å². The van der Waals surface area contributed by atoms with Crippen LogP contribution in [0.4, 0.5) is 4.79 Å². The molecule has 1 fully saturated rings. The third kappa shape index (κ3) is 5.49. The maximum atomic E-state index is 12.4. The highest BCUT2D eigenvalue weighted by Crippen LogP contribution is 2.33. The number of imide groups is 1. The summed E-state index contributed by atoms with van der Waals surface area (Å²) in [5.74, 6) is 0.505. The number of halogens is 2. The van der Waals surface area contributed by atoms with Crippen LogP contribution >= 0.6 is 56.9 Å². The quantitative estimate of drug-likeness (QED) is 0.316. The molecule has 0 saturated carbocycles. The predicted octanol–water partition coefficient (Wildman–Crippen LogP) is 5.16. The Hall–Kier alpha value is -1.11. The highest BCUT2D eigenvalue weighted by Gasteiger charge is 2.34. The summed E-state index contributed by atoms with van der Waals surface area (Å²) in [6.07, 6.45) is 1.74. The zero-order valence-corrected chi connectivity index (χ0v) is 20.1.